The second-order valence-corrected chi connectivity index (χ2v) is 3.78. The van der Waals surface area contributed by atoms with Crippen molar-refractivity contribution in [3.63, 3.8) is 0 Å². The predicted octanol–water partition coefficient (Wildman–Crippen LogP) is -1.47. The molecule has 0 aromatic heterocycles. The maximum absolute atomic E-state index is 10.5. The van der Waals surface area contributed by atoms with Gasteiger partial charge in [-0.25, -0.2) is 0 Å². The summed E-state index contributed by atoms with van der Waals surface area (Å²) in [6, 6.07) is 0. The summed E-state index contributed by atoms with van der Waals surface area (Å²) >= 11 is -2.46. The van der Waals surface area contributed by atoms with Crippen molar-refractivity contribution in [3.8, 4) is 0 Å². The van der Waals surface area contributed by atoms with Crippen molar-refractivity contribution >= 4 is 11.3 Å². The molecule has 0 saturated heterocycles. The summed E-state index contributed by atoms with van der Waals surface area (Å²) < 4.78 is 21.9. The highest BCUT2D eigenvalue weighted by Gasteiger charge is 2.22. The Morgan fingerprint density at radius 3 is 2.36 bits per heavy atom. The van der Waals surface area contributed by atoms with Gasteiger partial charge in [-0.15, -0.1) is 0 Å². The molecule has 14 heavy (non-hydrogen) atoms. The molecule has 0 radical (unpaired) electrons. The summed E-state index contributed by atoms with van der Waals surface area (Å²) in [5.41, 5.74) is 0. The van der Waals surface area contributed by atoms with E-state index in [2.05, 4.69) is 6.58 Å². The fourth-order valence-corrected chi connectivity index (χ4v) is 1.36. The Morgan fingerprint density at radius 2 is 2.07 bits per heavy atom. The first-order valence-corrected chi connectivity index (χ1v) is 4.96. The number of hydrogen-bond donors (Lipinski definition) is 3. The van der Waals surface area contributed by atoms with Gasteiger partial charge in [0.15, 0.2) is 6.29 Å². The van der Waals surface area contributed by atoms with E-state index >= 15 is 0 Å². The van der Waals surface area contributed by atoms with E-state index in [9.17, 15) is 8.76 Å². The average Bonchev–Trinajstić information content (AvgIpc) is 2.11. The number of nitrogens with zero attached hydrogens (tertiary/aromatic N) is 1. The van der Waals surface area contributed by atoms with Crippen molar-refractivity contribution < 1.29 is 24.1 Å². The largest absolute Gasteiger partial charge is 0.755 e. The van der Waals surface area contributed by atoms with Crippen LogP contribution in [0.25, 0.3) is 0 Å². The maximum atomic E-state index is 10.5. The molecule has 3 atom stereocenters. The molecule has 0 aliphatic rings. The standard InChI is InChI=1S/C7H15NO5S/c1-3-8(14(12)13)4-5(2)6(9)7(10)11/h3,5-7,9-11H,1,4H2,2H3,(H,12,13)/p-1/t5-,6?/m1/s1. The zero-order valence-corrected chi connectivity index (χ0v) is 8.55. The van der Waals surface area contributed by atoms with Crippen LogP contribution in [0.2, 0.25) is 0 Å². The lowest BCUT2D eigenvalue weighted by Crippen LogP contribution is -2.38. The number of hydrogen-bond acceptors (Lipinski definition) is 5. The summed E-state index contributed by atoms with van der Waals surface area (Å²) in [6.45, 7) is 4.70. The van der Waals surface area contributed by atoms with Crippen LogP contribution in [0.5, 0.6) is 0 Å². The second kappa shape index (κ2) is 6.10. The van der Waals surface area contributed by atoms with Gasteiger partial charge < -0.3 is 24.2 Å². The first-order valence-electron chi connectivity index (χ1n) is 3.93. The number of aliphatic hydroxyl groups is 3. The minimum atomic E-state index is -2.46. The second-order valence-electron chi connectivity index (χ2n) is 2.88. The zero-order valence-electron chi connectivity index (χ0n) is 7.74. The third kappa shape index (κ3) is 4.16. The highest BCUT2D eigenvalue weighted by atomic mass is 32.2. The molecule has 0 fully saturated rings. The highest BCUT2D eigenvalue weighted by molar-refractivity contribution is 7.76. The van der Waals surface area contributed by atoms with E-state index in [1.807, 2.05) is 0 Å². The molecule has 6 nitrogen and oxygen atoms in total. The SMILES string of the molecule is C=CN(C[C@@H](C)C(O)C(O)O)S(=O)[O-]. The molecule has 0 amide bonds. The van der Waals surface area contributed by atoms with Crippen molar-refractivity contribution in [2.24, 2.45) is 5.92 Å². The maximum Gasteiger partial charge on any atom is 0.178 e. The molecular formula is C7H14NO5S-. The van der Waals surface area contributed by atoms with Gasteiger partial charge in [0.2, 0.25) is 0 Å². The molecule has 3 N–H and O–H groups in total. The van der Waals surface area contributed by atoms with E-state index in [1.54, 1.807) is 0 Å². The topological polar surface area (TPSA) is 104 Å². The molecule has 0 rings (SSSR count). The minimum Gasteiger partial charge on any atom is -0.755 e. The first-order chi connectivity index (χ1) is 6.40. The van der Waals surface area contributed by atoms with Gasteiger partial charge in [-0.3, -0.25) is 4.21 Å². The Morgan fingerprint density at radius 1 is 1.57 bits per heavy atom. The average molecular weight is 224 g/mol. The lowest BCUT2D eigenvalue weighted by molar-refractivity contribution is -0.139. The van der Waals surface area contributed by atoms with E-state index < -0.39 is 29.6 Å². The molecule has 0 aromatic rings. The summed E-state index contributed by atoms with van der Waals surface area (Å²) in [5, 5.41) is 26.4. The van der Waals surface area contributed by atoms with Crippen molar-refractivity contribution in [2.45, 2.75) is 19.3 Å². The van der Waals surface area contributed by atoms with Gasteiger partial charge in [0.1, 0.15) is 6.10 Å². The fraction of sp³-hybridized carbons (Fsp3) is 0.714. The van der Waals surface area contributed by atoms with E-state index in [1.165, 1.54) is 6.92 Å². The Labute approximate surface area is 84.9 Å². The van der Waals surface area contributed by atoms with Crippen LogP contribution in [0.4, 0.5) is 0 Å². The monoisotopic (exact) mass is 224 g/mol. The molecular weight excluding hydrogens is 210 g/mol. The number of rotatable bonds is 6. The van der Waals surface area contributed by atoms with Crippen LogP contribution < -0.4 is 0 Å². The summed E-state index contributed by atoms with van der Waals surface area (Å²) in [6.07, 6.45) is -2.19. The van der Waals surface area contributed by atoms with Crippen LogP contribution in [0, 0.1) is 5.92 Å². The van der Waals surface area contributed by atoms with Crippen LogP contribution in [-0.4, -0.2) is 47.3 Å². The van der Waals surface area contributed by atoms with Crippen molar-refractivity contribution in [3.05, 3.63) is 12.8 Å². The molecule has 0 aliphatic carbocycles. The summed E-state index contributed by atoms with van der Waals surface area (Å²) in [5.74, 6) is -0.606. The van der Waals surface area contributed by atoms with E-state index in [0.29, 0.717) is 0 Å². The van der Waals surface area contributed by atoms with Gasteiger partial charge in [-0.1, -0.05) is 13.5 Å². The van der Waals surface area contributed by atoms with Gasteiger partial charge in [0, 0.05) is 29.9 Å². The molecule has 0 bridgehead atoms. The molecule has 2 unspecified atom stereocenters. The first kappa shape index (κ1) is 13.5. The van der Waals surface area contributed by atoms with Gasteiger partial charge in [0.05, 0.1) is 0 Å². The van der Waals surface area contributed by atoms with Crippen LogP contribution in [0.3, 0.4) is 0 Å². The lowest BCUT2D eigenvalue weighted by atomic mass is 10.1. The highest BCUT2D eigenvalue weighted by Crippen LogP contribution is 2.09. The van der Waals surface area contributed by atoms with E-state index in [0.717, 1.165) is 10.5 Å². The Balaban J connectivity index is 4.21. The molecule has 0 aromatic carbocycles. The molecule has 7 heteroatoms. The Hall–Kier alpha value is -0.470. The van der Waals surface area contributed by atoms with Gasteiger partial charge >= 0.3 is 0 Å². The van der Waals surface area contributed by atoms with Crippen LogP contribution >= 0.6 is 0 Å². The molecule has 84 valence electrons. The summed E-state index contributed by atoms with van der Waals surface area (Å²) in [4.78, 5) is 0. The third-order valence-corrected chi connectivity index (χ3v) is 2.43. The Kier molecular flexibility index (Phi) is 5.89. The number of aliphatic hydroxyl groups excluding tert-OH is 2. The molecule has 0 heterocycles. The summed E-state index contributed by atoms with van der Waals surface area (Å²) in [7, 11) is 0. The van der Waals surface area contributed by atoms with Gasteiger partial charge in [-0.05, 0) is 0 Å². The van der Waals surface area contributed by atoms with E-state index in [4.69, 9.17) is 15.3 Å². The predicted molar refractivity (Wildman–Crippen MR) is 49.2 cm³/mol. The lowest BCUT2D eigenvalue weighted by Gasteiger charge is -2.28. The van der Waals surface area contributed by atoms with Crippen LogP contribution in [0.1, 0.15) is 6.92 Å². The Bertz CT molecular complexity index is 210. The van der Waals surface area contributed by atoms with Crippen molar-refractivity contribution in [2.75, 3.05) is 6.54 Å². The van der Waals surface area contributed by atoms with Gasteiger partial charge in [-0.2, -0.15) is 0 Å². The van der Waals surface area contributed by atoms with Crippen molar-refractivity contribution in [1.82, 2.24) is 4.31 Å². The normalized spacial score (nSPS) is 17.6. The zero-order chi connectivity index (χ0) is 11.3. The fourth-order valence-electron chi connectivity index (χ4n) is 0.882. The van der Waals surface area contributed by atoms with Crippen LogP contribution in [0.15, 0.2) is 12.8 Å². The molecule has 0 saturated carbocycles. The smallest absolute Gasteiger partial charge is 0.178 e. The van der Waals surface area contributed by atoms with E-state index in [-0.39, 0.29) is 6.54 Å². The molecule has 0 aliphatic heterocycles. The minimum absolute atomic E-state index is 0.0571. The van der Waals surface area contributed by atoms with Gasteiger partial charge in [0.25, 0.3) is 0 Å². The van der Waals surface area contributed by atoms with Crippen LogP contribution in [-0.2, 0) is 11.3 Å². The molecule has 0 spiro atoms. The van der Waals surface area contributed by atoms with Crippen molar-refractivity contribution in [1.29, 1.82) is 0 Å². The quantitative estimate of drug-likeness (QED) is 0.377. The third-order valence-electron chi connectivity index (χ3n) is 1.75.